The molecular weight excluding hydrogens is 252 g/mol. The minimum Gasteiger partial charge on any atom is -0.508 e. The van der Waals surface area contributed by atoms with Gasteiger partial charge in [-0.2, -0.15) is 0 Å². The summed E-state index contributed by atoms with van der Waals surface area (Å²) < 4.78 is 0. The number of hydrogen-bond acceptors (Lipinski definition) is 6. The zero-order valence-corrected chi connectivity index (χ0v) is 9.72. The van der Waals surface area contributed by atoms with Crippen molar-refractivity contribution in [2.45, 2.75) is 0 Å². The van der Waals surface area contributed by atoms with E-state index in [-0.39, 0.29) is 22.9 Å². The fourth-order valence-corrected chi connectivity index (χ4v) is 1.18. The summed E-state index contributed by atoms with van der Waals surface area (Å²) in [6.07, 6.45) is 0. The van der Waals surface area contributed by atoms with E-state index in [2.05, 4.69) is 0 Å². The monoisotopic (exact) mass is 264 g/mol. The molecule has 0 saturated carbocycles. The lowest BCUT2D eigenvalue weighted by molar-refractivity contribution is -0.384. The number of nitro groups is 1. The van der Waals surface area contributed by atoms with Crippen molar-refractivity contribution in [1.82, 2.24) is 0 Å². The molecule has 100 valence electrons. The zero-order chi connectivity index (χ0) is 14.4. The molecule has 0 fully saturated rings. The van der Waals surface area contributed by atoms with E-state index in [1.54, 1.807) is 0 Å². The van der Waals surface area contributed by atoms with Gasteiger partial charge in [-0.15, -0.1) is 0 Å². The highest BCUT2D eigenvalue weighted by Gasteiger charge is 2.01. The van der Waals surface area contributed by atoms with Crippen LogP contribution in [0.1, 0.15) is 0 Å². The third-order valence-electron chi connectivity index (χ3n) is 1.99. The van der Waals surface area contributed by atoms with Crippen LogP contribution in [0.15, 0.2) is 42.5 Å². The van der Waals surface area contributed by atoms with Crippen molar-refractivity contribution < 1.29 is 20.2 Å². The van der Waals surface area contributed by atoms with Crippen LogP contribution in [-0.4, -0.2) is 20.2 Å². The van der Waals surface area contributed by atoms with Crippen LogP contribution in [0.25, 0.3) is 0 Å². The van der Waals surface area contributed by atoms with Gasteiger partial charge in [0, 0.05) is 36.0 Å². The lowest BCUT2D eigenvalue weighted by Gasteiger charge is -1.94. The fraction of sp³-hybridized carbons (Fsp3) is 0. The second kappa shape index (κ2) is 6.10. The summed E-state index contributed by atoms with van der Waals surface area (Å²) in [5.41, 5.74) is 5.90. The van der Waals surface area contributed by atoms with E-state index < -0.39 is 4.92 Å². The molecule has 0 spiro atoms. The molecule has 0 aliphatic rings. The Morgan fingerprint density at radius 1 is 0.895 bits per heavy atom. The molecule has 2 rings (SSSR count). The van der Waals surface area contributed by atoms with Gasteiger partial charge in [-0.05, 0) is 12.1 Å². The molecule has 0 heterocycles. The topological polar surface area (TPSA) is 130 Å². The van der Waals surface area contributed by atoms with E-state index in [0.29, 0.717) is 5.69 Å². The second-order valence-electron chi connectivity index (χ2n) is 3.56. The highest BCUT2D eigenvalue weighted by atomic mass is 16.6. The lowest BCUT2D eigenvalue weighted by Crippen LogP contribution is -1.88. The van der Waals surface area contributed by atoms with Crippen molar-refractivity contribution in [3.63, 3.8) is 0 Å². The molecule has 5 N–H and O–H groups in total. The van der Waals surface area contributed by atoms with Crippen molar-refractivity contribution in [2.75, 3.05) is 5.73 Å². The Morgan fingerprint density at radius 2 is 1.26 bits per heavy atom. The number of nitro benzene ring substituents is 1. The van der Waals surface area contributed by atoms with Gasteiger partial charge in [0.25, 0.3) is 5.69 Å². The summed E-state index contributed by atoms with van der Waals surface area (Å²) in [5, 5.41) is 36.1. The first-order valence-electron chi connectivity index (χ1n) is 5.10. The summed E-state index contributed by atoms with van der Waals surface area (Å²) in [6.45, 7) is 0. The van der Waals surface area contributed by atoms with Crippen molar-refractivity contribution in [1.29, 1.82) is 0 Å². The standard InChI is InChI=1S/C6H6N2O2.C6H6O3/c7-5-1-3-6(4-2-5)8(9)10;7-4-1-5(8)3-6(9)2-4/h1-4H,7H2;1-3,7-9H. The van der Waals surface area contributed by atoms with E-state index in [9.17, 15) is 10.1 Å². The van der Waals surface area contributed by atoms with Gasteiger partial charge >= 0.3 is 0 Å². The smallest absolute Gasteiger partial charge is 0.269 e. The van der Waals surface area contributed by atoms with Crippen molar-refractivity contribution in [2.24, 2.45) is 0 Å². The number of non-ortho nitro benzene ring substituents is 1. The number of benzene rings is 2. The molecule has 7 heteroatoms. The molecule has 2 aromatic rings. The largest absolute Gasteiger partial charge is 0.508 e. The van der Waals surface area contributed by atoms with Crippen LogP contribution in [0.4, 0.5) is 11.4 Å². The number of aromatic hydroxyl groups is 3. The second-order valence-corrected chi connectivity index (χ2v) is 3.56. The van der Waals surface area contributed by atoms with Crippen molar-refractivity contribution >= 4 is 11.4 Å². The van der Waals surface area contributed by atoms with Crippen LogP contribution in [-0.2, 0) is 0 Å². The van der Waals surface area contributed by atoms with Gasteiger partial charge in [0.1, 0.15) is 17.2 Å². The molecule has 0 radical (unpaired) electrons. The van der Waals surface area contributed by atoms with Crippen molar-refractivity contribution in [3.8, 4) is 17.2 Å². The minimum absolute atomic E-state index is 0.0641. The Balaban J connectivity index is 0.000000191. The molecule has 0 atom stereocenters. The minimum atomic E-state index is -0.459. The summed E-state index contributed by atoms with van der Waals surface area (Å²) >= 11 is 0. The fourth-order valence-electron chi connectivity index (χ4n) is 1.18. The molecule has 0 bridgehead atoms. The first kappa shape index (κ1) is 14.1. The summed E-state index contributed by atoms with van der Waals surface area (Å²) in [6, 6.07) is 9.15. The highest BCUT2D eigenvalue weighted by molar-refractivity contribution is 5.44. The van der Waals surface area contributed by atoms with Gasteiger partial charge in [-0.1, -0.05) is 0 Å². The molecule has 19 heavy (non-hydrogen) atoms. The molecule has 2 aromatic carbocycles. The SMILES string of the molecule is Nc1ccc([N+](=O)[O-])cc1.Oc1cc(O)cc(O)c1. The van der Waals surface area contributed by atoms with Gasteiger partial charge < -0.3 is 21.1 Å². The number of nitrogens with zero attached hydrogens (tertiary/aromatic N) is 1. The van der Waals surface area contributed by atoms with Gasteiger partial charge in [0.2, 0.25) is 0 Å². The van der Waals surface area contributed by atoms with Crippen LogP contribution in [0.3, 0.4) is 0 Å². The Morgan fingerprint density at radius 3 is 1.58 bits per heavy atom. The van der Waals surface area contributed by atoms with E-state index in [1.807, 2.05) is 0 Å². The Kier molecular flexibility index (Phi) is 4.53. The van der Waals surface area contributed by atoms with Crippen LogP contribution in [0.5, 0.6) is 17.2 Å². The van der Waals surface area contributed by atoms with Crippen LogP contribution in [0, 0.1) is 10.1 Å². The van der Waals surface area contributed by atoms with E-state index >= 15 is 0 Å². The Labute approximate surface area is 108 Å². The molecule has 0 aliphatic heterocycles. The summed E-state index contributed by atoms with van der Waals surface area (Å²) in [5.74, 6) is -0.437. The molecule has 0 aliphatic carbocycles. The molecule has 0 unspecified atom stereocenters. The highest BCUT2D eigenvalue weighted by Crippen LogP contribution is 2.23. The first-order chi connectivity index (χ1) is 8.88. The molecule has 0 amide bonds. The van der Waals surface area contributed by atoms with Crippen LogP contribution in [0.2, 0.25) is 0 Å². The number of hydrogen-bond donors (Lipinski definition) is 4. The maximum absolute atomic E-state index is 10.1. The zero-order valence-electron chi connectivity index (χ0n) is 9.72. The summed E-state index contributed by atoms with van der Waals surface area (Å²) in [4.78, 5) is 9.62. The third kappa shape index (κ3) is 4.82. The maximum Gasteiger partial charge on any atom is 0.269 e. The summed E-state index contributed by atoms with van der Waals surface area (Å²) in [7, 11) is 0. The average molecular weight is 264 g/mol. The van der Waals surface area contributed by atoms with Crippen LogP contribution < -0.4 is 5.73 Å². The lowest BCUT2D eigenvalue weighted by atomic mass is 10.3. The Bertz CT molecular complexity index is 518. The van der Waals surface area contributed by atoms with Crippen molar-refractivity contribution in [3.05, 3.63) is 52.6 Å². The molecular formula is C12H12N2O5. The predicted octanol–water partition coefficient (Wildman–Crippen LogP) is 1.98. The number of anilines is 1. The van der Waals surface area contributed by atoms with Gasteiger partial charge in [0.15, 0.2) is 0 Å². The number of phenolic OH excluding ortho intramolecular Hbond substituents is 3. The number of nitrogen functional groups attached to an aromatic ring is 1. The molecule has 7 nitrogen and oxygen atoms in total. The maximum atomic E-state index is 10.1. The third-order valence-corrected chi connectivity index (χ3v) is 1.99. The molecule has 0 saturated heterocycles. The predicted molar refractivity (Wildman–Crippen MR) is 68.9 cm³/mol. The van der Waals surface area contributed by atoms with Gasteiger partial charge in [-0.25, -0.2) is 0 Å². The van der Waals surface area contributed by atoms with Crippen LogP contribution >= 0.6 is 0 Å². The van der Waals surface area contributed by atoms with Gasteiger partial charge in [-0.3, -0.25) is 10.1 Å². The average Bonchev–Trinajstić information content (AvgIpc) is 2.28. The number of nitrogens with two attached hydrogens (primary N) is 1. The number of rotatable bonds is 1. The normalized spacial score (nSPS) is 9.26. The Hall–Kier alpha value is -2.96. The van der Waals surface area contributed by atoms with Gasteiger partial charge in [0.05, 0.1) is 4.92 Å². The first-order valence-corrected chi connectivity index (χ1v) is 5.10. The van der Waals surface area contributed by atoms with E-state index in [4.69, 9.17) is 21.1 Å². The molecule has 0 aromatic heterocycles. The quantitative estimate of drug-likeness (QED) is 0.354. The van der Waals surface area contributed by atoms with E-state index in [1.165, 1.54) is 24.3 Å². The number of phenols is 3. The van der Waals surface area contributed by atoms with E-state index in [0.717, 1.165) is 18.2 Å².